The molecule has 0 heterocycles. The van der Waals surface area contributed by atoms with Gasteiger partial charge in [0.2, 0.25) is 0 Å². The zero-order valence-electron chi connectivity index (χ0n) is 12.8. The second kappa shape index (κ2) is 8.50. The number of hydrogen-bond acceptors (Lipinski definition) is 3. The number of nitriles is 1. The lowest BCUT2D eigenvalue weighted by Crippen LogP contribution is -2.43. The number of nitrogens with zero attached hydrogens (tertiary/aromatic N) is 1. The Balaban J connectivity index is 3.78. The first-order valence-corrected chi connectivity index (χ1v) is 7.13. The maximum Gasteiger partial charge on any atom is 0.106 e. The zero-order valence-corrected chi connectivity index (χ0v) is 12.8. The van der Waals surface area contributed by atoms with Gasteiger partial charge in [0, 0.05) is 13.2 Å². The van der Waals surface area contributed by atoms with E-state index in [1.165, 1.54) is 0 Å². The van der Waals surface area contributed by atoms with Crippen LogP contribution in [-0.4, -0.2) is 25.3 Å². The molecule has 0 aromatic heterocycles. The van der Waals surface area contributed by atoms with Crippen molar-refractivity contribution in [3.8, 4) is 6.07 Å². The first-order valence-electron chi connectivity index (χ1n) is 7.13. The van der Waals surface area contributed by atoms with Crippen molar-refractivity contribution in [3.05, 3.63) is 0 Å². The Hall–Kier alpha value is -0.590. The van der Waals surface area contributed by atoms with Crippen LogP contribution in [0.15, 0.2) is 0 Å². The van der Waals surface area contributed by atoms with Gasteiger partial charge in [0.25, 0.3) is 0 Å². The summed E-state index contributed by atoms with van der Waals surface area (Å²) in [5.41, 5.74) is -0.0221. The minimum Gasteiger partial charge on any atom is -0.381 e. The van der Waals surface area contributed by atoms with E-state index in [-0.39, 0.29) is 5.54 Å². The van der Waals surface area contributed by atoms with Crippen LogP contribution >= 0.6 is 0 Å². The van der Waals surface area contributed by atoms with E-state index >= 15 is 0 Å². The van der Waals surface area contributed by atoms with Crippen molar-refractivity contribution in [1.29, 1.82) is 5.26 Å². The summed E-state index contributed by atoms with van der Waals surface area (Å²) in [6, 6.07) is 2.41. The maximum absolute atomic E-state index is 9.26. The molecular formula is C15H30N2O. The van der Waals surface area contributed by atoms with Crippen LogP contribution in [0.2, 0.25) is 0 Å². The van der Waals surface area contributed by atoms with Gasteiger partial charge in [-0.05, 0) is 37.6 Å². The van der Waals surface area contributed by atoms with E-state index < -0.39 is 0 Å². The third kappa shape index (κ3) is 7.68. The standard InChI is InChI=1S/C15H30N2O/c1-6-15(13-16,17-7-2)9-8-11-18-12-10-14(3,4)5/h17H,6-12H2,1-5H3. The summed E-state index contributed by atoms with van der Waals surface area (Å²) in [7, 11) is 0. The molecule has 0 rings (SSSR count). The van der Waals surface area contributed by atoms with Gasteiger partial charge in [0.05, 0.1) is 6.07 Å². The Bertz CT molecular complexity index is 252. The summed E-state index contributed by atoms with van der Waals surface area (Å²) in [6.07, 6.45) is 3.73. The average molecular weight is 254 g/mol. The zero-order chi connectivity index (χ0) is 14.1. The predicted molar refractivity (Wildman–Crippen MR) is 76.4 cm³/mol. The molecule has 0 amide bonds. The summed E-state index contributed by atoms with van der Waals surface area (Å²) >= 11 is 0. The van der Waals surface area contributed by atoms with Crippen molar-refractivity contribution in [2.75, 3.05) is 19.8 Å². The normalized spacial score (nSPS) is 15.1. The molecule has 0 aliphatic heterocycles. The van der Waals surface area contributed by atoms with Crippen molar-refractivity contribution >= 4 is 0 Å². The van der Waals surface area contributed by atoms with Gasteiger partial charge in [-0.3, -0.25) is 5.32 Å². The molecular weight excluding hydrogens is 224 g/mol. The fourth-order valence-corrected chi connectivity index (χ4v) is 1.86. The quantitative estimate of drug-likeness (QED) is 0.640. The third-order valence-electron chi connectivity index (χ3n) is 3.22. The monoisotopic (exact) mass is 254 g/mol. The summed E-state index contributed by atoms with van der Waals surface area (Å²) in [5, 5.41) is 12.6. The molecule has 1 unspecified atom stereocenters. The maximum atomic E-state index is 9.26. The van der Waals surface area contributed by atoms with Gasteiger partial charge in [0.15, 0.2) is 0 Å². The lowest BCUT2D eigenvalue weighted by molar-refractivity contribution is 0.101. The molecule has 0 saturated carbocycles. The first kappa shape index (κ1) is 17.4. The molecule has 3 nitrogen and oxygen atoms in total. The van der Waals surface area contributed by atoms with E-state index in [1.54, 1.807) is 0 Å². The highest BCUT2D eigenvalue weighted by Crippen LogP contribution is 2.19. The Morgan fingerprint density at radius 2 is 1.78 bits per heavy atom. The molecule has 0 fully saturated rings. The van der Waals surface area contributed by atoms with Crippen molar-refractivity contribution in [2.24, 2.45) is 5.41 Å². The largest absolute Gasteiger partial charge is 0.381 e. The smallest absolute Gasteiger partial charge is 0.106 e. The van der Waals surface area contributed by atoms with Crippen LogP contribution in [0.4, 0.5) is 0 Å². The molecule has 0 spiro atoms. The van der Waals surface area contributed by atoms with Gasteiger partial charge in [-0.25, -0.2) is 0 Å². The second-order valence-electron chi connectivity index (χ2n) is 6.10. The summed E-state index contributed by atoms with van der Waals surface area (Å²) < 4.78 is 5.64. The Morgan fingerprint density at radius 1 is 1.11 bits per heavy atom. The highest BCUT2D eigenvalue weighted by molar-refractivity contribution is 5.05. The molecule has 106 valence electrons. The molecule has 0 aliphatic carbocycles. The van der Waals surface area contributed by atoms with Crippen LogP contribution in [0.5, 0.6) is 0 Å². The van der Waals surface area contributed by atoms with Crippen molar-refractivity contribution in [1.82, 2.24) is 5.32 Å². The highest BCUT2D eigenvalue weighted by Gasteiger charge is 2.25. The molecule has 3 heteroatoms. The van der Waals surface area contributed by atoms with E-state index in [0.717, 1.165) is 45.4 Å². The van der Waals surface area contributed by atoms with Gasteiger partial charge in [-0.1, -0.05) is 34.6 Å². The van der Waals surface area contributed by atoms with Crippen LogP contribution in [-0.2, 0) is 4.74 Å². The van der Waals surface area contributed by atoms with Crippen molar-refractivity contribution in [3.63, 3.8) is 0 Å². The minimum atomic E-state index is -0.359. The van der Waals surface area contributed by atoms with Gasteiger partial charge in [-0.2, -0.15) is 5.26 Å². The molecule has 18 heavy (non-hydrogen) atoms. The van der Waals surface area contributed by atoms with Crippen molar-refractivity contribution in [2.45, 2.75) is 65.8 Å². The summed E-state index contributed by atoms with van der Waals surface area (Å²) in [6.45, 7) is 13.2. The fourth-order valence-electron chi connectivity index (χ4n) is 1.86. The average Bonchev–Trinajstić information content (AvgIpc) is 2.31. The lowest BCUT2D eigenvalue weighted by atomic mass is 9.92. The number of nitrogens with one attached hydrogen (secondary N) is 1. The molecule has 0 aliphatic rings. The molecule has 1 N–H and O–H groups in total. The second-order valence-corrected chi connectivity index (χ2v) is 6.10. The molecule has 0 bridgehead atoms. The van der Waals surface area contributed by atoms with E-state index in [1.807, 2.05) is 6.92 Å². The molecule has 1 atom stereocenters. The number of rotatable bonds is 9. The molecule has 0 saturated heterocycles. The Morgan fingerprint density at radius 3 is 2.22 bits per heavy atom. The Labute approximate surface area is 113 Å². The number of hydrogen-bond donors (Lipinski definition) is 1. The van der Waals surface area contributed by atoms with Gasteiger partial charge < -0.3 is 4.74 Å². The van der Waals surface area contributed by atoms with Crippen LogP contribution in [0.1, 0.15) is 60.3 Å². The van der Waals surface area contributed by atoms with E-state index in [9.17, 15) is 5.26 Å². The molecule has 0 aromatic carbocycles. The predicted octanol–water partition coefficient (Wildman–Crippen LogP) is 3.50. The summed E-state index contributed by atoms with van der Waals surface area (Å²) in [5.74, 6) is 0. The fraction of sp³-hybridized carbons (Fsp3) is 0.933. The first-order chi connectivity index (χ1) is 8.39. The SMILES string of the molecule is CCNC(C#N)(CC)CCCOCCC(C)(C)C. The number of ether oxygens (including phenoxy) is 1. The minimum absolute atomic E-state index is 0.337. The van der Waals surface area contributed by atoms with Gasteiger partial charge >= 0.3 is 0 Å². The van der Waals surface area contributed by atoms with E-state index in [0.29, 0.717) is 5.41 Å². The summed E-state index contributed by atoms with van der Waals surface area (Å²) in [4.78, 5) is 0. The van der Waals surface area contributed by atoms with E-state index in [4.69, 9.17) is 4.74 Å². The molecule has 0 radical (unpaired) electrons. The van der Waals surface area contributed by atoms with Crippen LogP contribution in [0, 0.1) is 16.7 Å². The topological polar surface area (TPSA) is 45.0 Å². The third-order valence-corrected chi connectivity index (χ3v) is 3.22. The van der Waals surface area contributed by atoms with Gasteiger partial charge in [-0.15, -0.1) is 0 Å². The van der Waals surface area contributed by atoms with Gasteiger partial charge in [0.1, 0.15) is 5.54 Å². The van der Waals surface area contributed by atoms with Crippen LogP contribution in [0.3, 0.4) is 0 Å². The van der Waals surface area contributed by atoms with Crippen LogP contribution < -0.4 is 5.32 Å². The Kier molecular flexibility index (Phi) is 8.22. The van der Waals surface area contributed by atoms with E-state index in [2.05, 4.69) is 39.1 Å². The van der Waals surface area contributed by atoms with Crippen molar-refractivity contribution < 1.29 is 4.74 Å². The lowest BCUT2D eigenvalue weighted by Gasteiger charge is -2.26. The highest BCUT2D eigenvalue weighted by atomic mass is 16.5. The van der Waals surface area contributed by atoms with Crippen LogP contribution in [0.25, 0.3) is 0 Å². The molecule has 0 aromatic rings.